The zero-order chi connectivity index (χ0) is 14.2. The van der Waals surface area contributed by atoms with Crippen LogP contribution in [0.1, 0.15) is 23.0 Å². The number of rotatable bonds is 2. The molecule has 1 N–H and O–H groups in total. The van der Waals surface area contributed by atoms with Gasteiger partial charge in [0.25, 0.3) is 0 Å². The number of nitrogens with one attached hydrogen (secondary N) is 1. The fourth-order valence-electron chi connectivity index (χ4n) is 2.84. The van der Waals surface area contributed by atoms with Crippen LogP contribution in [0.2, 0.25) is 0 Å². The van der Waals surface area contributed by atoms with Crippen LogP contribution in [-0.2, 0) is 6.54 Å². The van der Waals surface area contributed by atoms with Gasteiger partial charge in [-0.15, -0.1) is 10.2 Å². The zero-order valence-electron chi connectivity index (χ0n) is 11.8. The molecule has 0 saturated heterocycles. The van der Waals surface area contributed by atoms with Crippen molar-refractivity contribution in [2.75, 3.05) is 6.54 Å². The van der Waals surface area contributed by atoms with E-state index in [9.17, 15) is 0 Å². The Kier molecular flexibility index (Phi) is 2.86. The summed E-state index contributed by atoms with van der Waals surface area (Å²) in [5.74, 6) is 2.57. The molecule has 4 rings (SSSR count). The lowest BCUT2D eigenvalue weighted by atomic mass is 10.0. The molecule has 2 aromatic heterocycles. The Hall–Kier alpha value is -2.40. The third-order valence-corrected chi connectivity index (χ3v) is 3.92. The van der Waals surface area contributed by atoms with Crippen molar-refractivity contribution in [1.29, 1.82) is 0 Å². The van der Waals surface area contributed by atoms with E-state index in [0.29, 0.717) is 0 Å². The molecule has 21 heavy (non-hydrogen) atoms. The molecule has 0 bridgehead atoms. The average Bonchev–Trinajstić information content (AvgIpc) is 3.13. The van der Waals surface area contributed by atoms with E-state index in [1.54, 1.807) is 6.26 Å². The van der Waals surface area contributed by atoms with Crippen LogP contribution in [0.15, 0.2) is 47.1 Å². The largest absolute Gasteiger partial charge is 0.461 e. The molecule has 3 aromatic rings. The maximum atomic E-state index is 5.57. The second kappa shape index (κ2) is 4.86. The Balaban J connectivity index is 1.81. The van der Waals surface area contributed by atoms with Gasteiger partial charge in [-0.05, 0) is 24.1 Å². The van der Waals surface area contributed by atoms with Crippen LogP contribution in [0.3, 0.4) is 0 Å². The monoisotopic (exact) mass is 280 g/mol. The van der Waals surface area contributed by atoms with Crippen molar-refractivity contribution in [2.45, 2.75) is 19.5 Å². The molecule has 1 atom stereocenters. The van der Waals surface area contributed by atoms with E-state index >= 15 is 0 Å². The Labute approximate surface area is 122 Å². The standard InChI is InChI=1S/C16H16N4O/c1-11-7-10-21-14(11)16-19-18-15-13(17-8-9-20(15)16)12-5-3-2-4-6-12/h2-7,10,13,17H,8-9H2,1H3. The van der Waals surface area contributed by atoms with Gasteiger partial charge in [0, 0.05) is 13.1 Å². The number of hydrogen-bond acceptors (Lipinski definition) is 4. The summed E-state index contributed by atoms with van der Waals surface area (Å²) < 4.78 is 7.72. The number of aromatic nitrogens is 3. The fourth-order valence-corrected chi connectivity index (χ4v) is 2.84. The lowest BCUT2D eigenvalue weighted by molar-refractivity contribution is 0.454. The molecule has 0 aliphatic carbocycles. The molecule has 5 nitrogen and oxygen atoms in total. The molecule has 106 valence electrons. The Bertz CT molecular complexity index is 760. The van der Waals surface area contributed by atoms with E-state index in [1.807, 2.05) is 31.2 Å². The van der Waals surface area contributed by atoms with Crippen molar-refractivity contribution in [3.63, 3.8) is 0 Å². The number of aryl methyl sites for hydroxylation is 1. The van der Waals surface area contributed by atoms with Crippen LogP contribution in [0.5, 0.6) is 0 Å². The fraction of sp³-hybridized carbons (Fsp3) is 0.250. The second-order valence-corrected chi connectivity index (χ2v) is 5.26. The quantitative estimate of drug-likeness (QED) is 0.783. The first-order valence-electron chi connectivity index (χ1n) is 7.10. The summed E-state index contributed by atoms with van der Waals surface area (Å²) in [5.41, 5.74) is 2.29. The van der Waals surface area contributed by atoms with E-state index in [0.717, 1.165) is 36.1 Å². The lowest BCUT2D eigenvalue weighted by Crippen LogP contribution is -2.34. The number of hydrogen-bond donors (Lipinski definition) is 1. The number of fused-ring (bicyclic) bond motifs is 1. The third kappa shape index (κ3) is 1.97. The minimum Gasteiger partial charge on any atom is -0.461 e. The first-order chi connectivity index (χ1) is 10.3. The van der Waals surface area contributed by atoms with Crippen molar-refractivity contribution in [2.24, 2.45) is 0 Å². The molecule has 1 aliphatic heterocycles. The number of nitrogens with zero attached hydrogens (tertiary/aromatic N) is 3. The molecule has 0 amide bonds. The Morgan fingerprint density at radius 3 is 2.81 bits per heavy atom. The molecule has 0 saturated carbocycles. The zero-order valence-corrected chi connectivity index (χ0v) is 11.8. The van der Waals surface area contributed by atoms with Crippen molar-refractivity contribution in [1.82, 2.24) is 20.1 Å². The van der Waals surface area contributed by atoms with Gasteiger partial charge in [0.1, 0.15) is 0 Å². The molecule has 0 fully saturated rings. The molecular formula is C16H16N4O. The summed E-state index contributed by atoms with van der Waals surface area (Å²) >= 11 is 0. The Morgan fingerprint density at radius 2 is 2.05 bits per heavy atom. The van der Waals surface area contributed by atoms with E-state index in [2.05, 4.69) is 32.2 Å². The van der Waals surface area contributed by atoms with Gasteiger partial charge in [-0.2, -0.15) is 0 Å². The molecule has 5 heteroatoms. The van der Waals surface area contributed by atoms with Crippen LogP contribution in [-0.4, -0.2) is 21.3 Å². The molecular weight excluding hydrogens is 264 g/mol. The molecule has 1 unspecified atom stereocenters. The third-order valence-electron chi connectivity index (χ3n) is 3.92. The predicted octanol–water partition coefficient (Wildman–Crippen LogP) is 2.54. The van der Waals surface area contributed by atoms with E-state index < -0.39 is 0 Å². The summed E-state index contributed by atoms with van der Waals surface area (Å²) in [6.45, 7) is 3.76. The van der Waals surface area contributed by atoms with Crippen molar-refractivity contribution in [3.05, 3.63) is 59.6 Å². The van der Waals surface area contributed by atoms with Gasteiger partial charge in [0.2, 0.25) is 0 Å². The molecule has 0 radical (unpaired) electrons. The summed E-state index contributed by atoms with van der Waals surface area (Å²) in [6.07, 6.45) is 1.70. The highest BCUT2D eigenvalue weighted by molar-refractivity contribution is 5.53. The summed E-state index contributed by atoms with van der Waals surface area (Å²) in [7, 11) is 0. The highest BCUT2D eigenvalue weighted by atomic mass is 16.3. The van der Waals surface area contributed by atoms with Gasteiger partial charge in [0.05, 0.1) is 12.3 Å². The smallest absolute Gasteiger partial charge is 0.200 e. The van der Waals surface area contributed by atoms with Crippen molar-refractivity contribution >= 4 is 0 Å². The summed E-state index contributed by atoms with van der Waals surface area (Å²) in [5, 5.41) is 12.3. The van der Waals surface area contributed by atoms with Gasteiger partial charge < -0.3 is 14.3 Å². The lowest BCUT2D eigenvalue weighted by Gasteiger charge is -2.25. The maximum absolute atomic E-state index is 5.57. The van der Waals surface area contributed by atoms with Gasteiger partial charge >= 0.3 is 0 Å². The van der Waals surface area contributed by atoms with Crippen LogP contribution >= 0.6 is 0 Å². The van der Waals surface area contributed by atoms with Gasteiger partial charge in [-0.1, -0.05) is 30.3 Å². The predicted molar refractivity (Wildman–Crippen MR) is 78.7 cm³/mol. The second-order valence-electron chi connectivity index (χ2n) is 5.26. The number of furan rings is 1. The summed E-state index contributed by atoms with van der Waals surface area (Å²) in [4.78, 5) is 0. The molecule has 1 aliphatic rings. The van der Waals surface area contributed by atoms with E-state index in [-0.39, 0.29) is 6.04 Å². The summed E-state index contributed by atoms with van der Waals surface area (Å²) in [6, 6.07) is 12.4. The van der Waals surface area contributed by atoms with Gasteiger partial charge in [0.15, 0.2) is 17.4 Å². The molecule has 3 heterocycles. The van der Waals surface area contributed by atoms with E-state index in [1.165, 1.54) is 5.56 Å². The van der Waals surface area contributed by atoms with Crippen molar-refractivity contribution in [3.8, 4) is 11.6 Å². The van der Waals surface area contributed by atoms with Gasteiger partial charge in [-0.3, -0.25) is 0 Å². The van der Waals surface area contributed by atoms with Crippen LogP contribution < -0.4 is 5.32 Å². The average molecular weight is 280 g/mol. The highest BCUT2D eigenvalue weighted by Gasteiger charge is 2.27. The number of benzene rings is 1. The first-order valence-corrected chi connectivity index (χ1v) is 7.10. The highest BCUT2D eigenvalue weighted by Crippen LogP contribution is 2.29. The first kappa shape index (κ1) is 12.3. The van der Waals surface area contributed by atoms with Crippen LogP contribution in [0.4, 0.5) is 0 Å². The van der Waals surface area contributed by atoms with Gasteiger partial charge in [-0.25, -0.2) is 0 Å². The molecule has 0 spiro atoms. The normalized spacial score (nSPS) is 17.7. The maximum Gasteiger partial charge on any atom is 0.200 e. The van der Waals surface area contributed by atoms with Crippen molar-refractivity contribution < 1.29 is 4.42 Å². The minimum atomic E-state index is 0.0801. The SMILES string of the molecule is Cc1ccoc1-c1nnc2n1CCNC2c1ccccc1. The van der Waals surface area contributed by atoms with Crippen LogP contribution in [0.25, 0.3) is 11.6 Å². The topological polar surface area (TPSA) is 55.9 Å². The van der Waals surface area contributed by atoms with E-state index in [4.69, 9.17) is 4.42 Å². The van der Waals surface area contributed by atoms with Crippen LogP contribution in [0, 0.1) is 6.92 Å². The minimum absolute atomic E-state index is 0.0801. The Morgan fingerprint density at radius 1 is 1.19 bits per heavy atom. The molecule has 1 aromatic carbocycles.